The van der Waals surface area contributed by atoms with Gasteiger partial charge in [-0.2, -0.15) is 8.42 Å². The maximum atomic E-state index is 12.5. The number of ether oxygens (including phenoxy) is 1. The van der Waals surface area contributed by atoms with Gasteiger partial charge in [0.2, 0.25) is 0 Å². The average molecular weight is 330 g/mol. The van der Waals surface area contributed by atoms with Gasteiger partial charge in [-0.05, 0) is 51.6 Å². The second-order valence-electron chi connectivity index (χ2n) is 5.01. The van der Waals surface area contributed by atoms with Gasteiger partial charge in [-0.3, -0.25) is 8.98 Å². The van der Waals surface area contributed by atoms with Crippen LogP contribution in [-0.2, 0) is 23.8 Å². The van der Waals surface area contributed by atoms with E-state index in [-0.39, 0.29) is 24.3 Å². The van der Waals surface area contributed by atoms with Crippen LogP contribution in [0.2, 0.25) is 0 Å². The third-order valence-electron chi connectivity index (χ3n) is 3.25. The first-order valence-electron chi connectivity index (χ1n) is 9.05. The van der Waals surface area contributed by atoms with Crippen molar-refractivity contribution in [1.82, 2.24) is 0 Å². The molecule has 0 atom stereocenters. The van der Waals surface area contributed by atoms with Crippen molar-refractivity contribution in [2.75, 3.05) is 6.61 Å². The first kappa shape index (κ1) is 12.1. The lowest BCUT2D eigenvalue weighted by Crippen LogP contribution is -2.29. The fraction of sp³-hybridized carbons (Fsp3) is 0.562. The standard InChI is InChI=1S/C16H22O5S/c1-3-20-16(17)13-6-8-14(9-7-13)21-22(18,19)15-10-4-12(2)5-11-15/h4-5,10-11,13-14H,3,6-9H2,1-2H3/i8D2,9D2. The van der Waals surface area contributed by atoms with Crippen molar-refractivity contribution < 1.29 is 27.6 Å². The van der Waals surface area contributed by atoms with Gasteiger partial charge in [-0.25, -0.2) is 0 Å². The Labute approximate surface area is 137 Å². The van der Waals surface area contributed by atoms with Crippen LogP contribution in [0.1, 0.15) is 43.6 Å². The molecule has 1 fully saturated rings. The summed E-state index contributed by atoms with van der Waals surface area (Å²) in [4.78, 5) is 11.7. The predicted molar refractivity (Wildman–Crippen MR) is 81.8 cm³/mol. The molecule has 0 aromatic heterocycles. The summed E-state index contributed by atoms with van der Waals surface area (Å²) < 4.78 is 67.2. The second-order valence-corrected chi connectivity index (χ2v) is 6.58. The number of hydrogen-bond donors (Lipinski definition) is 0. The monoisotopic (exact) mass is 330 g/mol. The van der Waals surface area contributed by atoms with Crippen molar-refractivity contribution in [3.63, 3.8) is 0 Å². The molecule has 0 bridgehead atoms. The molecule has 2 rings (SSSR count). The molecule has 0 aliphatic heterocycles. The molecule has 1 aliphatic rings. The molecule has 1 aromatic rings. The quantitative estimate of drug-likeness (QED) is 0.613. The van der Waals surface area contributed by atoms with E-state index in [0.717, 1.165) is 5.56 Å². The molecule has 0 spiro atoms. The molecule has 122 valence electrons. The first-order valence-corrected chi connectivity index (χ1v) is 8.46. The van der Waals surface area contributed by atoms with Gasteiger partial charge in [0.1, 0.15) is 0 Å². The minimum absolute atomic E-state index is 0.100. The Balaban J connectivity index is 2.28. The zero-order chi connectivity index (χ0) is 19.8. The SMILES string of the molecule is [2H]C1([2H])CC(C(=O)OCC)CC([2H])([2H])C1OS(=O)(=O)c1ccc(C)cc1. The summed E-state index contributed by atoms with van der Waals surface area (Å²) in [6, 6.07) is 5.77. The van der Waals surface area contributed by atoms with Crippen molar-refractivity contribution in [3.8, 4) is 0 Å². The van der Waals surface area contributed by atoms with Crippen LogP contribution >= 0.6 is 0 Å². The Morgan fingerprint density at radius 1 is 1.27 bits per heavy atom. The third kappa shape index (κ3) is 4.30. The smallest absolute Gasteiger partial charge is 0.308 e. The second kappa shape index (κ2) is 7.24. The summed E-state index contributed by atoms with van der Waals surface area (Å²) in [5, 5.41) is 0. The van der Waals surface area contributed by atoms with Gasteiger partial charge in [0.15, 0.2) is 0 Å². The van der Waals surface area contributed by atoms with Crippen LogP contribution in [0.5, 0.6) is 0 Å². The van der Waals surface area contributed by atoms with E-state index in [1.54, 1.807) is 26.0 Å². The number of esters is 1. The lowest BCUT2D eigenvalue weighted by Gasteiger charge is -2.26. The van der Waals surface area contributed by atoms with Crippen LogP contribution in [0, 0.1) is 12.8 Å². The van der Waals surface area contributed by atoms with Crippen molar-refractivity contribution >= 4 is 16.1 Å². The number of benzene rings is 1. The van der Waals surface area contributed by atoms with Gasteiger partial charge in [0, 0.05) is 5.48 Å². The van der Waals surface area contributed by atoms with E-state index in [1.165, 1.54) is 12.1 Å². The van der Waals surface area contributed by atoms with Crippen molar-refractivity contribution in [1.29, 1.82) is 0 Å². The Kier molecular flexibility index (Phi) is 3.97. The minimum atomic E-state index is -4.36. The number of carbonyl (C=O) groups is 1. The van der Waals surface area contributed by atoms with E-state index >= 15 is 0 Å². The molecule has 1 saturated carbocycles. The van der Waals surface area contributed by atoms with E-state index < -0.39 is 40.9 Å². The number of hydrogen-bond acceptors (Lipinski definition) is 5. The Hall–Kier alpha value is -1.40. The molecule has 0 radical (unpaired) electrons. The van der Waals surface area contributed by atoms with Crippen LogP contribution in [0.4, 0.5) is 0 Å². The van der Waals surface area contributed by atoms with Gasteiger partial charge in [-0.1, -0.05) is 17.7 Å². The van der Waals surface area contributed by atoms with E-state index in [1.807, 2.05) is 0 Å². The first-order chi connectivity index (χ1) is 11.9. The highest BCUT2D eigenvalue weighted by Crippen LogP contribution is 2.29. The molecular formula is C16H22O5S. The fourth-order valence-electron chi connectivity index (χ4n) is 2.02. The zero-order valence-corrected chi connectivity index (χ0v) is 13.4. The van der Waals surface area contributed by atoms with Crippen molar-refractivity contribution in [3.05, 3.63) is 29.8 Å². The predicted octanol–water partition coefficient (Wildman–Crippen LogP) is 2.82. The molecule has 1 aromatic carbocycles. The lowest BCUT2D eigenvalue weighted by molar-refractivity contribution is -0.149. The number of rotatable bonds is 5. The summed E-state index contributed by atoms with van der Waals surface area (Å²) >= 11 is 0. The average Bonchev–Trinajstić information content (AvgIpc) is 2.51. The largest absolute Gasteiger partial charge is 0.466 e. The van der Waals surface area contributed by atoms with E-state index in [4.69, 9.17) is 14.4 Å². The molecule has 6 heteroatoms. The summed E-state index contributed by atoms with van der Waals surface area (Å²) in [5.74, 6) is -1.69. The summed E-state index contributed by atoms with van der Waals surface area (Å²) in [6.45, 7) is 3.48. The Morgan fingerprint density at radius 2 is 1.86 bits per heavy atom. The highest BCUT2D eigenvalue weighted by atomic mass is 32.2. The topological polar surface area (TPSA) is 69.7 Å². The molecular weight excluding hydrogens is 304 g/mol. The van der Waals surface area contributed by atoms with Gasteiger partial charge in [-0.15, -0.1) is 0 Å². The third-order valence-corrected chi connectivity index (χ3v) is 4.55. The number of carbonyl (C=O) groups excluding carboxylic acids is 1. The van der Waals surface area contributed by atoms with Crippen LogP contribution in [-0.4, -0.2) is 27.1 Å². The minimum Gasteiger partial charge on any atom is -0.466 e. The molecule has 0 amide bonds. The maximum Gasteiger partial charge on any atom is 0.308 e. The van der Waals surface area contributed by atoms with Crippen LogP contribution in [0.15, 0.2) is 29.2 Å². The van der Waals surface area contributed by atoms with Gasteiger partial charge in [0.05, 0.1) is 23.5 Å². The summed E-state index contributed by atoms with van der Waals surface area (Å²) in [6.07, 6.45) is -7.35. The summed E-state index contributed by atoms with van der Waals surface area (Å²) in [7, 11) is -4.36. The molecule has 22 heavy (non-hydrogen) atoms. The van der Waals surface area contributed by atoms with Crippen molar-refractivity contribution in [2.45, 2.75) is 50.4 Å². The van der Waals surface area contributed by atoms with Crippen molar-refractivity contribution in [2.24, 2.45) is 5.92 Å². The molecule has 0 N–H and O–H groups in total. The maximum absolute atomic E-state index is 12.5. The molecule has 0 unspecified atom stereocenters. The van der Waals surface area contributed by atoms with E-state index in [0.29, 0.717) is 0 Å². The molecule has 1 aliphatic carbocycles. The van der Waals surface area contributed by atoms with Gasteiger partial charge < -0.3 is 4.74 Å². The molecule has 5 nitrogen and oxygen atoms in total. The highest BCUT2D eigenvalue weighted by molar-refractivity contribution is 7.86. The lowest BCUT2D eigenvalue weighted by atomic mass is 9.87. The normalized spacial score (nSPS) is 29.5. The molecule has 0 heterocycles. The Morgan fingerprint density at radius 3 is 2.41 bits per heavy atom. The summed E-state index contributed by atoms with van der Waals surface area (Å²) in [5.41, 5.74) is 0.838. The van der Waals surface area contributed by atoms with Gasteiger partial charge >= 0.3 is 5.97 Å². The molecule has 0 saturated heterocycles. The van der Waals surface area contributed by atoms with Crippen LogP contribution in [0.3, 0.4) is 0 Å². The number of aryl methyl sites for hydroxylation is 1. The van der Waals surface area contributed by atoms with Crippen LogP contribution < -0.4 is 0 Å². The zero-order valence-electron chi connectivity index (χ0n) is 16.5. The van der Waals surface area contributed by atoms with E-state index in [2.05, 4.69) is 0 Å². The van der Waals surface area contributed by atoms with Crippen LogP contribution in [0.25, 0.3) is 0 Å². The van der Waals surface area contributed by atoms with Gasteiger partial charge in [0.25, 0.3) is 10.1 Å². The fourth-order valence-corrected chi connectivity index (χ4v) is 2.99. The highest BCUT2D eigenvalue weighted by Gasteiger charge is 2.30. The van der Waals surface area contributed by atoms with E-state index in [9.17, 15) is 13.2 Å². The Bertz CT molecular complexity index is 743.